The van der Waals surface area contributed by atoms with Gasteiger partial charge in [-0.25, -0.2) is 18.6 Å². The zero-order valence-corrected chi connectivity index (χ0v) is 18.2. The predicted molar refractivity (Wildman–Crippen MR) is 110 cm³/mol. The molecular weight excluding hydrogens is 484 g/mol. The molecule has 3 rings (SSSR count). The fourth-order valence-electron chi connectivity index (χ4n) is 3.55. The van der Waals surface area contributed by atoms with Crippen molar-refractivity contribution >= 4 is 35.3 Å². The summed E-state index contributed by atoms with van der Waals surface area (Å²) in [6.07, 6.45) is -5.87. The summed E-state index contributed by atoms with van der Waals surface area (Å²) in [6, 6.07) is 1.81. The molecule has 2 fully saturated rings. The Morgan fingerprint density at radius 3 is 2.43 bits per heavy atom. The number of carboxylic acid groups (broad SMARTS) is 1. The van der Waals surface area contributed by atoms with Gasteiger partial charge in [0.25, 0.3) is 5.91 Å². The summed E-state index contributed by atoms with van der Waals surface area (Å²) in [5.74, 6) is -5.27. The number of hydrogen-bond acceptors (Lipinski definition) is 7. The number of halogens is 4. The first-order valence-corrected chi connectivity index (χ1v) is 10.5. The van der Waals surface area contributed by atoms with Gasteiger partial charge in [-0.05, 0) is 0 Å². The Hall–Kier alpha value is -3.62. The number of hydrogen-bond donors (Lipinski definition) is 2. The zero-order chi connectivity index (χ0) is 25.7. The maximum Gasteiger partial charge on any atom is 0.414 e. The molecule has 192 valence electrons. The smallest absolute Gasteiger partial charge is 0.414 e. The van der Waals surface area contributed by atoms with E-state index in [9.17, 15) is 36.7 Å². The maximum atomic E-state index is 14.9. The van der Waals surface area contributed by atoms with E-state index in [1.807, 2.05) is 5.32 Å². The summed E-state index contributed by atoms with van der Waals surface area (Å²) >= 11 is 0. The van der Waals surface area contributed by atoms with E-state index in [1.54, 1.807) is 0 Å². The molecule has 0 saturated carbocycles. The third-order valence-corrected chi connectivity index (χ3v) is 5.22. The molecule has 2 aliphatic heterocycles. The normalized spacial score (nSPS) is 18.5. The number of nitrogens with one attached hydrogen (secondary N) is 1. The highest BCUT2D eigenvalue weighted by Gasteiger charge is 2.34. The van der Waals surface area contributed by atoms with Crippen molar-refractivity contribution < 1.29 is 51.4 Å². The molecule has 2 aliphatic rings. The van der Waals surface area contributed by atoms with Gasteiger partial charge >= 0.3 is 18.5 Å². The van der Waals surface area contributed by atoms with Crippen LogP contribution >= 0.6 is 0 Å². The number of ether oxygens (including phenoxy) is 1. The molecule has 0 aliphatic carbocycles. The van der Waals surface area contributed by atoms with Crippen LogP contribution in [0.5, 0.6) is 0 Å². The second kappa shape index (κ2) is 11.2. The van der Waals surface area contributed by atoms with Crippen molar-refractivity contribution in [1.29, 1.82) is 0 Å². The van der Waals surface area contributed by atoms with Crippen LogP contribution in [-0.4, -0.2) is 85.9 Å². The van der Waals surface area contributed by atoms with Gasteiger partial charge in [-0.1, -0.05) is 0 Å². The first-order chi connectivity index (χ1) is 16.6. The van der Waals surface area contributed by atoms with Crippen LogP contribution in [0.4, 0.5) is 33.7 Å². The van der Waals surface area contributed by atoms with Crippen molar-refractivity contribution in [2.24, 2.45) is 0 Å². The summed E-state index contributed by atoms with van der Waals surface area (Å²) in [4.78, 5) is 53.3. The summed E-state index contributed by atoms with van der Waals surface area (Å²) in [6.45, 7) is -0.778. The van der Waals surface area contributed by atoms with Crippen molar-refractivity contribution in [3.8, 4) is 0 Å². The largest absolute Gasteiger partial charge is 0.481 e. The number of carbonyl (C=O) groups is 4. The fraction of sp³-hybridized carbons (Fsp3) is 0.500. The van der Waals surface area contributed by atoms with E-state index < -0.39 is 60.3 Å². The van der Waals surface area contributed by atoms with Gasteiger partial charge in [-0.15, -0.1) is 0 Å². The molecule has 35 heavy (non-hydrogen) atoms. The standard InChI is InChI=1S/C20H22F4N4O7/c21-13-7-11(27-10-12(35-20(27)33)9-25-19(32)18(23)24)8-14(22)17(13)26-3-4-28(34-6-5-26)15(29)1-2-16(30)31/h7-8,12,18H,1-6,9-10H2,(H,25,32)(H,30,31)/t12-/m0/s1. The van der Waals surface area contributed by atoms with E-state index in [4.69, 9.17) is 14.7 Å². The summed E-state index contributed by atoms with van der Waals surface area (Å²) in [5, 5.41) is 11.6. The molecule has 0 spiro atoms. The number of carbonyl (C=O) groups excluding carboxylic acids is 3. The second-order valence-corrected chi connectivity index (χ2v) is 7.63. The molecule has 1 atom stereocenters. The topological polar surface area (TPSA) is 129 Å². The lowest BCUT2D eigenvalue weighted by Crippen LogP contribution is -2.37. The van der Waals surface area contributed by atoms with E-state index >= 15 is 0 Å². The van der Waals surface area contributed by atoms with Crippen molar-refractivity contribution in [1.82, 2.24) is 10.4 Å². The number of aliphatic carboxylic acids is 1. The van der Waals surface area contributed by atoms with Gasteiger partial charge in [-0.3, -0.25) is 24.1 Å². The van der Waals surface area contributed by atoms with Gasteiger partial charge in [-0.2, -0.15) is 8.78 Å². The van der Waals surface area contributed by atoms with Crippen LogP contribution in [0.2, 0.25) is 0 Å². The van der Waals surface area contributed by atoms with E-state index in [0.717, 1.165) is 22.1 Å². The van der Waals surface area contributed by atoms with Gasteiger partial charge in [0.1, 0.15) is 11.8 Å². The van der Waals surface area contributed by atoms with Gasteiger partial charge in [0.05, 0.1) is 38.3 Å². The zero-order valence-electron chi connectivity index (χ0n) is 18.2. The average Bonchev–Trinajstić information content (AvgIpc) is 2.99. The van der Waals surface area contributed by atoms with E-state index in [-0.39, 0.29) is 51.3 Å². The van der Waals surface area contributed by atoms with Crippen molar-refractivity contribution in [2.45, 2.75) is 25.4 Å². The number of alkyl halides is 2. The number of amides is 3. The number of hydroxylamine groups is 2. The molecule has 0 aromatic heterocycles. The number of nitrogens with zero attached hydrogens (tertiary/aromatic N) is 3. The second-order valence-electron chi connectivity index (χ2n) is 7.63. The van der Waals surface area contributed by atoms with E-state index in [2.05, 4.69) is 0 Å². The summed E-state index contributed by atoms with van der Waals surface area (Å²) < 4.78 is 59.4. The Labute approximate surface area is 196 Å². The minimum Gasteiger partial charge on any atom is -0.481 e. The third kappa shape index (κ3) is 6.49. The summed E-state index contributed by atoms with van der Waals surface area (Å²) in [7, 11) is 0. The first-order valence-electron chi connectivity index (χ1n) is 10.5. The quantitative estimate of drug-likeness (QED) is 0.502. The first kappa shape index (κ1) is 26.0. The van der Waals surface area contributed by atoms with Crippen molar-refractivity contribution in [3.63, 3.8) is 0 Å². The molecular formula is C20H22F4N4O7. The van der Waals surface area contributed by atoms with Crippen LogP contribution in [0.25, 0.3) is 0 Å². The predicted octanol–water partition coefficient (Wildman–Crippen LogP) is 1.12. The van der Waals surface area contributed by atoms with Crippen LogP contribution < -0.4 is 15.1 Å². The van der Waals surface area contributed by atoms with Gasteiger partial charge in [0, 0.05) is 31.6 Å². The van der Waals surface area contributed by atoms with Crippen LogP contribution in [0.15, 0.2) is 12.1 Å². The average molecular weight is 506 g/mol. The van der Waals surface area contributed by atoms with Crippen LogP contribution in [0, 0.1) is 11.6 Å². The number of benzene rings is 1. The van der Waals surface area contributed by atoms with Crippen molar-refractivity contribution in [2.75, 3.05) is 49.1 Å². The van der Waals surface area contributed by atoms with Gasteiger partial charge < -0.3 is 20.1 Å². The van der Waals surface area contributed by atoms with E-state index in [1.165, 1.54) is 4.90 Å². The minimum atomic E-state index is -3.24. The Morgan fingerprint density at radius 1 is 1.11 bits per heavy atom. The third-order valence-electron chi connectivity index (χ3n) is 5.22. The maximum absolute atomic E-state index is 14.9. The Balaban J connectivity index is 1.65. The molecule has 1 aromatic carbocycles. The van der Waals surface area contributed by atoms with Crippen LogP contribution in [0.1, 0.15) is 12.8 Å². The number of anilines is 2. The summed E-state index contributed by atoms with van der Waals surface area (Å²) in [5.41, 5.74) is -0.585. The molecule has 0 radical (unpaired) electrons. The molecule has 2 heterocycles. The lowest BCUT2D eigenvalue weighted by Gasteiger charge is -2.24. The monoisotopic (exact) mass is 506 g/mol. The molecule has 2 N–H and O–H groups in total. The Kier molecular flexibility index (Phi) is 8.32. The van der Waals surface area contributed by atoms with Crippen LogP contribution in [0.3, 0.4) is 0 Å². The van der Waals surface area contributed by atoms with Gasteiger partial charge in [0.15, 0.2) is 11.6 Å². The van der Waals surface area contributed by atoms with E-state index in [0.29, 0.717) is 0 Å². The van der Waals surface area contributed by atoms with Crippen LogP contribution in [-0.2, 0) is 24.0 Å². The highest BCUT2D eigenvalue weighted by molar-refractivity contribution is 5.90. The highest BCUT2D eigenvalue weighted by Crippen LogP contribution is 2.31. The van der Waals surface area contributed by atoms with Gasteiger partial charge in [0.2, 0.25) is 5.91 Å². The lowest BCUT2D eigenvalue weighted by atomic mass is 10.2. The molecule has 15 heteroatoms. The number of cyclic esters (lactones) is 1. The molecule has 0 unspecified atom stereocenters. The number of rotatable bonds is 8. The SMILES string of the molecule is O=C(O)CCC(=O)N1CCN(c2c(F)cc(N3C[C@H](CNC(=O)C(F)F)OC3=O)cc2F)CCO1. The number of carboxylic acids is 1. The lowest BCUT2D eigenvalue weighted by molar-refractivity contribution is -0.182. The Bertz CT molecular complexity index is 973. The Morgan fingerprint density at radius 2 is 1.80 bits per heavy atom. The molecule has 0 bridgehead atoms. The van der Waals surface area contributed by atoms with Crippen molar-refractivity contribution in [3.05, 3.63) is 23.8 Å². The minimum absolute atomic E-state index is 0.0103. The highest BCUT2D eigenvalue weighted by atomic mass is 19.3. The molecule has 1 aromatic rings. The molecule has 2 saturated heterocycles. The fourth-order valence-corrected chi connectivity index (χ4v) is 3.55. The molecule has 11 nitrogen and oxygen atoms in total. The molecule has 3 amide bonds.